The summed E-state index contributed by atoms with van der Waals surface area (Å²) in [7, 11) is 1.73. The van der Waals surface area contributed by atoms with Crippen molar-refractivity contribution in [2.24, 2.45) is 0 Å². The average Bonchev–Trinajstić information content (AvgIpc) is 2.75. The number of anilines is 1. The number of rotatable bonds is 8. The van der Waals surface area contributed by atoms with Gasteiger partial charge in [-0.1, -0.05) is 0 Å². The lowest BCUT2D eigenvalue weighted by molar-refractivity contribution is 0.218. The number of hydrogen-bond donors (Lipinski definition) is 1. The molecule has 2 heterocycles. The van der Waals surface area contributed by atoms with Gasteiger partial charge in [0.1, 0.15) is 5.75 Å². The predicted octanol–water partition coefficient (Wildman–Crippen LogP) is 2.03. The summed E-state index contributed by atoms with van der Waals surface area (Å²) in [5.74, 6) is 2.84. The van der Waals surface area contributed by atoms with E-state index in [0.29, 0.717) is 12.6 Å². The Morgan fingerprint density at radius 1 is 1.36 bits per heavy atom. The number of aromatic nitrogens is 1. The van der Waals surface area contributed by atoms with Crippen LogP contribution in [0.25, 0.3) is 0 Å². The molecule has 124 valence electrons. The molecular weight excluding hydrogens is 298 g/mol. The van der Waals surface area contributed by atoms with Crippen LogP contribution in [0, 0.1) is 0 Å². The van der Waals surface area contributed by atoms with Gasteiger partial charge in [0.25, 0.3) is 0 Å². The van der Waals surface area contributed by atoms with Crippen LogP contribution in [0.15, 0.2) is 18.5 Å². The zero-order chi connectivity index (χ0) is 15.6. The molecule has 22 heavy (non-hydrogen) atoms. The minimum atomic E-state index is 0.476. The van der Waals surface area contributed by atoms with E-state index < -0.39 is 0 Å². The van der Waals surface area contributed by atoms with Crippen molar-refractivity contribution in [2.45, 2.75) is 19.4 Å². The molecule has 2 rings (SSSR count). The number of nitrogens with zero attached hydrogens (tertiary/aromatic N) is 2. The van der Waals surface area contributed by atoms with Crippen LogP contribution in [0.1, 0.15) is 13.3 Å². The van der Waals surface area contributed by atoms with Gasteiger partial charge in [-0.25, -0.2) is 0 Å². The van der Waals surface area contributed by atoms with E-state index in [2.05, 4.69) is 28.2 Å². The van der Waals surface area contributed by atoms with Crippen molar-refractivity contribution in [3.63, 3.8) is 0 Å². The molecule has 0 bridgehead atoms. The molecule has 0 radical (unpaired) electrons. The summed E-state index contributed by atoms with van der Waals surface area (Å²) in [4.78, 5) is 6.75. The molecule has 1 aliphatic rings. The number of thioether (sulfide) groups is 1. The predicted molar refractivity (Wildman–Crippen MR) is 93.2 cm³/mol. The fraction of sp³-hybridized carbons (Fsp3) is 0.688. The maximum Gasteiger partial charge on any atom is 0.139 e. The van der Waals surface area contributed by atoms with Gasteiger partial charge in [-0.3, -0.25) is 4.98 Å². The zero-order valence-electron chi connectivity index (χ0n) is 13.6. The van der Waals surface area contributed by atoms with E-state index in [0.717, 1.165) is 55.6 Å². The topological polar surface area (TPSA) is 46.6 Å². The highest BCUT2D eigenvalue weighted by Gasteiger charge is 2.17. The highest BCUT2D eigenvalue weighted by atomic mass is 32.2. The minimum absolute atomic E-state index is 0.476. The molecule has 1 N–H and O–H groups in total. The standard InChI is InChI=1S/C16H27N3O2S/c1-14-11-17-4-3-5-19(14)15-10-16(13-18-12-15)21-7-9-22-8-6-20-2/h10,12-14,17H,3-9,11H2,1-2H3. The third-order valence-corrected chi connectivity index (χ3v) is 4.59. The Kier molecular flexibility index (Phi) is 7.83. The van der Waals surface area contributed by atoms with Crippen LogP contribution in [0.2, 0.25) is 0 Å². The highest BCUT2D eigenvalue weighted by molar-refractivity contribution is 7.99. The molecule has 1 unspecified atom stereocenters. The Hall–Kier alpha value is -0.980. The molecule has 6 heteroatoms. The quantitative estimate of drug-likeness (QED) is 0.738. The van der Waals surface area contributed by atoms with Crippen molar-refractivity contribution >= 4 is 17.4 Å². The highest BCUT2D eigenvalue weighted by Crippen LogP contribution is 2.22. The Bertz CT molecular complexity index is 434. The largest absolute Gasteiger partial charge is 0.491 e. The number of pyridine rings is 1. The SMILES string of the molecule is COCCSCCOc1cncc(N2CCCNCC2C)c1. The molecule has 0 saturated carbocycles. The first kappa shape index (κ1) is 17.4. The van der Waals surface area contributed by atoms with E-state index in [9.17, 15) is 0 Å². The first-order valence-electron chi connectivity index (χ1n) is 7.93. The Morgan fingerprint density at radius 3 is 3.09 bits per heavy atom. The monoisotopic (exact) mass is 325 g/mol. The zero-order valence-corrected chi connectivity index (χ0v) is 14.4. The summed E-state index contributed by atoms with van der Waals surface area (Å²) in [6.45, 7) is 6.91. The molecule has 1 aliphatic heterocycles. The van der Waals surface area contributed by atoms with Crippen LogP contribution in [-0.4, -0.2) is 62.5 Å². The lowest BCUT2D eigenvalue weighted by atomic mass is 10.2. The molecule has 1 aromatic rings. The van der Waals surface area contributed by atoms with Gasteiger partial charge in [0, 0.05) is 43.8 Å². The van der Waals surface area contributed by atoms with Gasteiger partial charge in [-0.05, 0) is 19.9 Å². The van der Waals surface area contributed by atoms with E-state index in [1.807, 2.05) is 18.0 Å². The van der Waals surface area contributed by atoms with Gasteiger partial charge in [0.05, 0.1) is 31.3 Å². The fourth-order valence-electron chi connectivity index (χ4n) is 2.51. The maximum absolute atomic E-state index is 5.82. The fourth-order valence-corrected chi connectivity index (χ4v) is 3.20. The summed E-state index contributed by atoms with van der Waals surface area (Å²) < 4.78 is 10.8. The van der Waals surface area contributed by atoms with Gasteiger partial charge < -0.3 is 19.7 Å². The smallest absolute Gasteiger partial charge is 0.139 e. The van der Waals surface area contributed by atoms with E-state index in [4.69, 9.17) is 9.47 Å². The number of hydrogen-bond acceptors (Lipinski definition) is 6. The van der Waals surface area contributed by atoms with Crippen molar-refractivity contribution < 1.29 is 9.47 Å². The van der Waals surface area contributed by atoms with E-state index in [1.54, 1.807) is 13.3 Å². The van der Waals surface area contributed by atoms with Crippen LogP contribution >= 0.6 is 11.8 Å². The van der Waals surface area contributed by atoms with E-state index in [1.165, 1.54) is 0 Å². The molecule has 0 aromatic carbocycles. The summed E-state index contributed by atoms with van der Waals surface area (Å²) in [5.41, 5.74) is 1.15. The number of nitrogens with one attached hydrogen (secondary N) is 1. The van der Waals surface area contributed by atoms with Crippen LogP contribution in [0.4, 0.5) is 5.69 Å². The van der Waals surface area contributed by atoms with Crippen molar-refractivity contribution in [1.82, 2.24) is 10.3 Å². The second-order valence-electron chi connectivity index (χ2n) is 5.43. The normalized spacial score (nSPS) is 19.0. The lowest BCUT2D eigenvalue weighted by Gasteiger charge is -2.29. The average molecular weight is 325 g/mol. The first-order chi connectivity index (χ1) is 10.8. The van der Waals surface area contributed by atoms with Crippen molar-refractivity contribution in [3.8, 4) is 5.75 Å². The van der Waals surface area contributed by atoms with Crippen molar-refractivity contribution in [2.75, 3.05) is 56.4 Å². The third-order valence-electron chi connectivity index (χ3n) is 3.68. The van der Waals surface area contributed by atoms with Gasteiger partial charge >= 0.3 is 0 Å². The number of methoxy groups -OCH3 is 1. The van der Waals surface area contributed by atoms with Gasteiger partial charge in [-0.2, -0.15) is 11.8 Å². The van der Waals surface area contributed by atoms with E-state index >= 15 is 0 Å². The minimum Gasteiger partial charge on any atom is -0.491 e. The lowest BCUT2D eigenvalue weighted by Crippen LogP contribution is -2.37. The summed E-state index contributed by atoms with van der Waals surface area (Å²) in [5, 5.41) is 3.46. The molecule has 0 aliphatic carbocycles. The van der Waals surface area contributed by atoms with Crippen LogP contribution in [0.3, 0.4) is 0 Å². The Morgan fingerprint density at radius 2 is 2.23 bits per heavy atom. The maximum atomic E-state index is 5.82. The van der Waals surface area contributed by atoms with E-state index in [-0.39, 0.29) is 0 Å². The molecule has 1 aromatic heterocycles. The Labute approximate surface area is 137 Å². The molecule has 0 spiro atoms. The molecule has 1 saturated heterocycles. The second kappa shape index (κ2) is 9.92. The van der Waals surface area contributed by atoms with Gasteiger partial charge in [0.15, 0.2) is 0 Å². The van der Waals surface area contributed by atoms with Crippen LogP contribution < -0.4 is 15.0 Å². The molecule has 1 atom stereocenters. The van der Waals surface area contributed by atoms with Gasteiger partial charge in [0.2, 0.25) is 0 Å². The molecule has 5 nitrogen and oxygen atoms in total. The van der Waals surface area contributed by atoms with Crippen molar-refractivity contribution in [3.05, 3.63) is 18.5 Å². The van der Waals surface area contributed by atoms with Crippen LogP contribution in [0.5, 0.6) is 5.75 Å². The van der Waals surface area contributed by atoms with Gasteiger partial charge in [-0.15, -0.1) is 0 Å². The van der Waals surface area contributed by atoms with Crippen molar-refractivity contribution in [1.29, 1.82) is 0 Å². The molecular formula is C16H27N3O2S. The Balaban J connectivity index is 1.83. The molecule has 1 fully saturated rings. The summed E-state index contributed by atoms with van der Waals surface area (Å²) in [6, 6.07) is 2.58. The molecule has 0 amide bonds. The summed E-state index contributed by atoms with van der Waals surface area (Å²) >= 11 is 1.84. The number of ether oxygens (including phenoxy) is 2. The summed E-state index contributed by atoms with van der Waals surface area (Å²) in [6.07, 6.45) is 4.89. The second-order valence-corrected chi connectivity index (χ2v) is 6.66. The third kappa shape index (κ3) is 5.66. The van der Waals surface area contributed by atoms with Crippen LogP contribution in [-0.2, 0) is 4.74 Å². The first-order valence-corrected chi connectivity index (χ1v) is 9.08.